The summed E-state index contributed by atoms with van der Waals surface area (Å²) in [5, 5.41) is 0. The van der Waals surface area contributed by atoms with Gasteiger partial charge in [-0.05, 0) is 30.8 Å². The molecule has 11 heavy (non-hydrogen) atoms. The van der Waals surface area contributed by atoms with E-state index in [9.17, 15) is 0 Å². The van der Waals surface area contributed by atoms with Crippen molar-refractivity contribution in [1.82, 2.24) is 0 Å². The number of hydrogen-bond donors (Lipinski definition) is 0. The summed E-state index contributed by atoms with van der Waals surface area (Å²) in [7, 11) is 1.92. The lowest BCUT2D eigenvalue weighted by Gasteiger charge is -2.33. The Morgan fingerprint density at radius 1 is 1.09 bits per heavy atom. The van der Waals surface area contributed by atoms with Gasteiger partial charge in [0.25, 0.3) is 0 Å². The van der Waals surface area contributed by atoms with Crippen molar-refractivity contribution in [2.45, 2.75) is 31.9 Å². The second-order valence-electron chi connectivity index (χ2n) is 3.50. The molecule has 1 rings (SSSR count). The Labute approximate surface area is 70.1 Å². The van der Waals surface area contributed by atoms with Crippen LogP contribution < -0.4 is 0 Å². The molecule has 0 radical (unpaired) electrons. The zero-order valence-corrected chi connectivity index (χ0v) is 8.72. The van der Waals surface area contributed by atoms with Crippen LogP contribution in [0.5, 0.6) is 0 Å². The largest absolute Gasteiger partial charge is 0.398 e. The van der Waals surface area contributed by atoms with Gasteiger partial charge in [-0.2, -0.15) is 0 Å². The van der Waals surface area contributed by atoms with Crippen molar-refractivity contribution in [1.29, 1.82) is 0 Å². The van der Waals surface area contributed by atoms with Crippen molar-refractivity contribution >= 4 is 8.56 Å². The van der Waals surface area contributed by atoms with Crippen LogP contribution in [0.4, 0.5) is 0 Å². The molecule has 0 aromatic rings. The summed E-state index contributed by atoms with van der Waals surface area (Å²) >= 11 is 0. The SMILES string of the molecule is CO[Si]1(OC)CCC(C)CC1. The van der Waals surface area contributed by atoms with Gasteiger partial charge in [-0.15, -0.1) is 0 Å². The van der Waals surface area contributed by atoms with Gasteiger partial charge in [-0.25, -0.2) is 0 Å². The van der Waals surface area contributed by atoms with E-state index in [1.54, 1.807) is 14.2 Å². The molecule has 0 aromatic carbocycles. The van der Waals surface area contributed by atoms with Crippen LogP contribution in [0.1, 0.15) is 19.8 Å². The first kappa shape index (κ1) is 9.23. The molecule has 0 unspecified atom stereocenters. The Morgan fingerprint density at radius 3 is 1.91 bits per heavy atom. The normalized spacial score (nSPS) is 25.4. The number of rotatable bonds is 2. The first-order valence-electron chi connectivity index (χ1n) is 4.33. The predicted molar refractivity (Wildman–Crippen MR) is 47.8 cm³/mol. The Kier molecular flexibility index (Phi) is 3.10. The molecule has 1 aliphatic heterocycles. The van der Waals surface area contributed by atoms with E-state index in [-0.39, 0.29) is 0 Å². The summed E-state index contributed by atoms with van der Waals surface area (Å²) in [6.07, 6.45) is 2.57. The van der Waals surface area contributed by atoms with E-state index >= 15 is 0 Å². The highest BCUT2D eigenvalue weighted by molar-refractivity contribution is 6.67. The average molecular weight is 174 g/mol. The van der Waals surface area contributed by atoms with Crippen LogP contribution in [0.2, 0.25) is 12.1 Å². The summed E-state index contributed by atoms with van der Waals surface area (Å²) in [6, 6.07) is 2.36. The molecule has 0 N–H and O–H groups in total. The fraction of sp³-hybridized carbons (Fsp3) is 1.00. The summed E-state index contributed by atoms with van der Waals surface area (Å²) in [6.45, 7) is 2.31. The van der Waals surface area contributed by atoms with Gasteiger partial charge < -0.3 is 8.85 Å². The van der Waals surface area contributed by atoms with Crippen molar-refractivity contribution in [2.24, 2.45) is 5.92 Å². The van der Waals surface area contributed by atoms with Gasteiger partial charge in [0.2, 0.25) is 0 Å². The highest BCUT2D eigenvalue weighted by Gasteiger charge is 2.38. The van der Waals surface area contributed by atoms with Crippen molar-refractivity contribution in [3.05, 3.63) is 0 Å². The van der Waals surface area contributed by atoms with E-state index in [0.29, 0.717) is 0 Å². The Hall–Kier alpha value is 0.137. The Bertz CT molecular complexity index is 113. The van der Waals surface area contributed by atoms with Gasteiger partial charge in [0, 0.05) is 14.2 Å². The third-order valence-electron chi connectivity index (χ3n) is 2.78. The van der Waals surface area contributed by atoms with E-state index in [1.807, 2.05) is 0 Å². The first-order valence-corrected chi connectivity index (χ1v) is 6.56. The maximum Gasteiger partial charge on any atom is 0.337 e. The first-order chi connectivity index (χ1) is 5.22. The van der Waals surface area contributed by atoms with E-state index in [0.717, 1.165) is 5.92 Å². The molecule has 3 heteroatoms. The van der Waals surface area contributed by atoms with Crippen LogP contribution in [0, 0.1) is 5.92 Å². The zero-order valence-electron chi connectivity index (χ0n) is 7.72. The van der Waals surface area contributed by atoms with Gasteiger partial charge >= 0.3 is 8.56 Å². The van der Waals surface area contributed by atoms with Crippen molar-refractivity contribution < 1.29 is 8.85 Å². The Morgan fingerprint density at radius 2 is 1.55 bits per heavy atom. The maximum atomic E-state index is 5.49. The van der Waals surface area contributed by atoms with Crippen LogP contribution in [0.25, 0.3) is 0 Å². The molecular weight excluding hydrogens is 156 g/mol. The maximum absolute atomic E-state index is 5.49. The van der Waals surface area contributed by atoms with Crippen LogP contribution in [-0.2, 0) is 8.85 Å². The lowest BCUT2D eigenvalue weighted by atomic mass is 10.1. The molecule has 0 bridgehead atoms. The Balaban J connectivity index is 2.45. The molecule has 0 spiro atoms. The molecule has 1 aliphatic rings. The monoisotopic (exact) mass is 174 g/mol. The fourth-order valence-electron chi connectivity index (χ4n) is 1.69. The topological polar surface area (TPSA) is 18.5 Å². The molecule has 0 saturated carbocycles. The molecule has 0 aromatic heterocycles. The molecule has 1 heterocycles. The minimum Gasteiger partial charge on any atom is -0.398 e. The second kappa shape index (κ2) is 3.69. The summed E-state index contributed by atoms with van der Waals surface area (Å²) in [4.78, 5) is 0. The van der Waals surface area contributed by atoms with Crippen LogP contribution in [-0.4, -0.2) is 22.8 Å². The molecule has 1 saturated heterocycles. The van der Waals surface area contributed by atoms with Gasteiger partial charge in [-0.3, -0.25) is 0 Å². The van der Waals surface area contributed by atoms with Gasteiger partial charge in [0.15, 0.2) is 0 Å². The van der Waals surface area contributed by atoms with Gasteiger partial charge in [-0.1, -0.05) is 6.92 Å². The summed E-state index contributed by atoms with van der Waals surface area (Å²) in [5.41, 5.74) is 0. The highest BCUT2D eigenvalue weighted by atomic mass is 28.4. The van der Waals surface area contributed by atoms with Crippen molar-refractivity contribution in [3.63, 3.8) is 0 Å². The molecule has 0 atom stereocenters. The van der Waals surface area contributed by atoms with Crippen LogP contribution in [0.15, 0.2) is 0 Å². The lowest BCUT2D eigenvalue weighted by Crippen LogP contribution is -2.42. The van der Waals surface area contributed by atoms with Gasteiger partial charge in [0.05, 0.1) is 0 Å². The lowest BCUT2D eigenvalue weighted by molar-refractivity contribution is 0.224. The van der Waals surface area contributed by atoms with E-state index in [4.69, 9.17) is 8.85 Å². The smallest absolute Gasteiger partial charge is 0.337 e. The quantitative estimate of drug-likeness (QED) is 0.597. The molecule has 1 fully saturated rings. The third-order valence-corrected chi connectivity index (χ3v) is 6.37. The minimum atomic E-state index is -1.67. The van der Waals surface area contributed by atoms with Crippen molar-refractivity contribution in [2.75, 3.05) is 14.2 Å². The van der Waals surface area contributed by atoms with E-state index in [1.165, 1.54) is 24.9 Å². The number of hydrogen-bond acceptors (Lipinski definition) is 2. The van der Waals surface area contributed by atoms with Crippen LogP contribution in [0.3, 0.4) is 0 Å². The van der Waals surface area contributed by atoms with E-state index in [2.05, 4.69) is 6.92 Å². The standard InChI is InChI=1S/C8H18O2Si/c1-8-4-6-11(9-2,10-3)7-5-8/h8H,4-7H2,1-3H3. The molecular formula is C8H18O2Si. The van der Waals surface area contributed by atoms with Gasteiger partial charge in [0.1, 0.15) is 0 Å². The molecule has 0 aliphatic carbocycles. The molecule has 2 nitrogen and oxygen atoms in total. The van der Waals surface area contributed by atoms with Crippen molar-refractivity contribution in [3.8, 4) is 0 Å². The van der Waals surface area contributed by atoms with E-state index < -0.39 is 8.56 Å². The zero-order chi connectivity index (χ0) is 8.32. The predicted octanol–water partition coefficient (Wildman–Crippen LogP) is 2.15. The minimum absolute atomic E-state index is 0.876. The third kappa shape index (κ3) is 2.04. The average Bonchev–Trinajstić information content (AvgIpc) is 2.07. The van der Waals surface area contributed by atoms with Crippen LogP contribution >= 0.6 is 0 Å². The highest BCUT2D eigenvalue weighted by Crippen LogP contribution is 2.32. The summed E-state index contributed by atoms with van der Waals surface area (Å²) < 4.78 is 11.0. The summed E-state index contributed by atoms with van der Waals surface area (Å²) in [5.74, 6) is 0.876. The molecule has 66 valence electrons. The second-order valence-corrected chi connectivity index (χ2v) is 7.14. The fourth-order valence-corrected chi connectivity index (χ4v) is 4.79. The molecule has 0 amide bonds.